The first-order valence-electron chi connectivity index (χ1n) is 6.57. The van der Waals surface area contributed by atoms with Gasteiger partial charge in [-0.2, -0.15) is 0 Å². The number of hydrogen-bond acceptors (Lipinski definition) is 3. The summed E-state index contributed by atoms with van der Waals surface area (Å²) >= 11 is 7.82. The van der Waals surface area contributed by atoms with Crippen LogP contribution in [0.4, 0.5) is 0 Å². The summed E-state index contributed by atoms with van der Waals surface area (Å²) in [6.45, 7) is 4.29. The fraction of sp³-hybridized carbons (Fsp3) is 0.400. The van der Waals surface area contributed by atoms with E-state index >= 15 is 0 Å². The third kappa shape index (κ3) is 2.83. The fourth-order valence-electron chi connectivity index (χ4n) is 2.70. The van der Waals surface area contributed by atoms with Crippen molar-refractivity contribution in [3.63, 3.8) is 0 Å². The number of hydrogen-bond donors (Lipinski definition) is 1. The number of nitrogens with one attached hydrogen (secondary N) is 1. The SMILES string of the molecule is Cc1cnc(C(C)NC2Cc3ccc(Cl)cc3C2)s1. The maximum atomic E-state index is 6.05. The van der Waals surface area contributed by atoms with Gasteiger partial charge in [-0.05, 0) is 49.9 Å². The van der Waals surface area contributed by atoms with Gasteiger partial charge < -0.3 is 5.32 Å². The van der Waals surface area contributed by atoms with Crippen LogP contribution in [-0.4, -0.2) is 11.0 Å². The van der Waals surface area contributed by atoms with Crippen LogP contribution in [-0.2, 0) is 12.8 Å². The zero-order valence-electron chi connectivity index (χ0n) is 11.1. The minimum absolute atomic E-state index is 0.313. The Kier molecular flexibility index (Phi) is 3.61. The van der Waals surface area contributed by atoms with Crippen molar-refractivity contribution in [3.05, 3.63) is 50.4 Å². The van der Waals surface area contributed by atoms with Crippen molar-refractivity contribution < 1.29 is 0 Å². The Balaban J connectivity index is 1.67. The summed E-state index contributed by atoms with van der Waals surface area (Å²) in [6.07, 6.45) is 4.09. The molecule has 19 heavy (non-hydrogen) atoms. The first-order chi connectivity index (χ1) is 9.11. The first-order valence-corrected chi connectivity index (χ1v) is 7.77. The lowest BCUT2D eigenvalue weighted by molar-refractivity contribution is 0.466. The van der Waals surface area contributed by atoms with Crippen LogP contribution < -0.4 is 5.32 Å². The minimum Gasteiger partial charge on any atom is -0.305 e. The maximum absolute atomic E-state index is 6.05. The van der Waals surface area contributed by atoms with E-state index in [2.05, 4.69) is 36.3 Å². The Morgan fingerprint density at radius 2 is 2.16 bits per heavy atom. The third-order valence-corrected chi connectivity index (χ3v) is 4.93. The predicted molar refractivity (Wildman–Crippen MR) is 81.0 cm³/mol. The lowest BCUT2D eigenvalue weighted by Crippen LogP contribution is -2.31. The second-order valence-electron chi connectivity index (χ2n) is 5.22. The summed E-state index contributed by atoms with van der Waals surface area (Å²) in [5.74, 6) is 0. The Morgan fingerprint density at radius 1 is 1.37 bits per heavy atom. The number of benzene rings is 1. The van der Waals surface area contributed by atoms with Crippen molar-refractivity contribution in [2.24, 2.45) is 0 Å². The molecule has 0 radical (unpaired) electrons. The quantitative estimate of drug-likeness (QED) is 0.927. The molecule has 1 heterocycles. The second kappa shape index (κ2) is 5.23. The highest BCUT2D eigenvalue weighted by Gasteiger charge is 2.23. The number of thiazole rings is 1. The standard InChI is InChI=1S/C15H17ClN2S/c1-9-8-17-15(19-9)10(2)18-14-6-11-3-4-13(16)5-12(11)7-14/h3-5,8,10,14,18H,6-7H2,1-2H3. The number of aromatic nitrogens is 1. The van der Waals surface area contributed by atoms with E-state index in [1.54, 1.807) is 11.3 Å². The molecule has 2 aromatic rings. The predicted octanol–water partition coefficient (Wildman–Crippen LogP) is 3.92. The molecule has 0 saturated heterocycles. The lowest BCUT2D eigenvalue weighted by atomic mass is 10.1. The van der Waals surface area contributed by atoms with E-state index in [1.165, 1.54) is 21.0 Å². The molecule has 0 aliphatic heterocycles. The lowest BCUT2D eigenvalue weighted by Gasteiger charge is -2.17. The van der Waals surface area contributed by atoms with Crippen molar-refractivity contribution in [1.29, 1.82) is 0 Å². The van der Waals surface area contributed by atoms with Crippen molar-refractivity contribution in [1.82, 2.24) is 10.3 Å². The van der Waals surface area contributed by atoms with Gasteiger partial charge in [-0.1, -0.05) is 17.7 Å². The summed E-state index contributed by atoms with van der Waals surface area (Å²) in [5, 5.41) is 5.69. The number of aryl methyl sites for hydroxylation is 1. The molecule has 0 fully saturated rings. The number of rotatable bonds is 3. The van der Waals surface area contributed by atoms with Gasteiger partial charge in [-0.3, -0.25) is 0 Å². The Hall–Kier alpha value is -0.900. The molecule has 1 aliphatic rings. The van der Waals surface area contributed by atoms with Crippen molar-refractivity contribution in [2.45, 2.75) is 38.8 Å². The van der Waals surface area contributed by atoms with E-state index < -0.39 is 0 Å². The van der Waals surface area contributed by atoms with Gasteiger partial charge in [0.15, 0.2) is 0 Å². The van der Waals surface area contributed by atoms with Gasteiger partial charge in [0.25, 0.3) is 0 Å². The monoisotopic (exact) mass is 292 g/mol. The molecule has 2 nitrogen and oxygen atoms in total. The van der Waals surface area contributed by atoms with Crippen LogP contribution in [0, 0.1) is 6.92 Å². The van der Waals surface area contributed by atoms with Crippen molar-refractivity contribution >= 4 is 22.9 Å². The highest BCUT2D eigenvalue weighted by Crippen LogP contribution is 2.27. The van der Waals surface area contributed by atoms with Crippen LogP contribution in [0.2, 0.25) is 5.02 Å². The molecule has 0 saturated carbocycles. The van der Waals surface area contributed by atoms with Crippen LogP contribution >= 0.6 is 22.9 Å². The van der Waals surface area contributed by atoms with Crippen LogP contribution in [0.15, 0.2) is 24.4 Å². The Bertz CT molecular complexity index is 594. The van der Waals surface area contributed by atoms with E-state index in [4.69, 9.17) is 11.6 Å². The molecule has 1 aromatic heterocycles. The first kappa shape index (κ1) is 13.1. The van der Waals surface area contributed by atoms with Gasteiger partial charge in [-0.15, -0.1) is 11.3 Å². The number of halogens is 1. The van der Waals surface area contributed by atoms with Gasteiger partial charge in [0.1, 0.15) is 5.01 Å². The average Bonchev–Trinajstić information content (AvgIpc) is 2.94. The smallest absolute Gasteiger partial charge is 0.109 e. The topological polar surface area (TPSA) is 24.9 Å². The number of nitrogens with zero attached hydrogens (tertiary/aromatic N) is 1. The molecule has 1 N–H and O–H groups in total. The summed E-state index contributed by atoms with van der Waals surface area (Å²) in [7, 11) is 0. The van der Waals surface area contributed by atoms with Gasteiger partial charge >= 0.3 is 0 Å². The van der Waals surface area contributed by atoms with Gasteiger partial charge in [-0.25, -0.2) is 4.98 Å². The molecule has 100 valence electrons. The van der Waals surface area contributed by atoms with Crippen LogP contribution in [0.3, 0.4) is 0 Å². The Labute approximate surface area is 122 Å². The molecule has 3 rings (SSSR count). The Morgan fingerprint density at radius 3 is 2.89 bits per heavy atom. The van der Waals surface area contributed by atoms with Crippen LogP contribution in [0.25, 0.3) is 0 Å². The van der Waals surface area contributed by atoms with Crippen molar-refractivity contribution in [3.8, 4) is 0 Å². The molecule has 0 bridgehead atoms. The molecule has 0 spiro atoms. The minimum atomic E-state index is 0.313. The highest BCUT2D eigenvalue weighted by atomic mass is 35.5. The van der Waals surface area contributed by atoms with Gasteiger partial charge in [0, 0.05) is 22.1 Å². The van der Waals surface area contributed by atoms with Gasteiger partial charge in [0.05, 0.1) is 6.04 Å². The molecular formula is C15H17ClN2S. The fourth-order valence-corrected chi connectivity index (χ4v) is 3.68. The number of fused-ring (bicyclic) bond motifs is 1. The third-order valence-electron chi connectivity index (χ3n) is 3.60. The normalized spacial score (nSPS) is 19.4. The van der Waals surface area contributed by atoms with E-state index in [0.29, 0.717) is 12.1 Å². The molecule has 2 unspecified atom stereocenters. The average molecular weight is 293 g/mol. The van der Waals surface area contributed by atoms with Crippen LogP contribution in [0.1, 0.15) is 34.0 Å². The zero-order valence-corrected chi connectivity index (χ0v) is 12.7. The van der Waals surface area contributed by atoms with E-state index in [0.717, 1.165) is 17.9 Å². The van der Waals surface area contributed by atoms with E-state index in [-0.39, 0.29) is 0 Å². The van der Waals surface area contributed by atoms with Crippen LogP contribution in [0.5, 0.6) is 0 Å². The molecule has 0 amide bonds. The molecule has 1 aromatic carbocycles. The largest absolute Gasteiger partial charge is 0.305 e. The molecular weight excluding hydrogens is 276 g/mol. The zero-order chi connectivity index (χ0) is 13.4. The summed E-state index contributed by atoms with van der Waals surface area (Å²) in [4.78, 5) is 5.72. The second-order valence-corrected chi connectivity index (χ2v) is 6.92. The van der Waals surface area contributed by atoms with E-state index in [9.17, 15) is 0 Å². The summed E-state index contributed by atoms with van der Waals surface area (Å²) < 4.78 is 0. The summed E-state index contributed by atoms with van der Waals surface area (Å²) in [6, 6.07) is 7.03. The maximum Gasteiger partial charge on any atom is 0.109 e. The van der Waals surface area contributed by atoms with E-state index in [1.807, 2.05) is 12.3 Å². The van der Waals surface area contributed by atoms with Crippen molar-refractivity contribution in [2.75, 3.05) is 0 Å². The molecule has 2 atom stereocenters. The highest BCUT2D eigenvalue weighted by molar-refractivity contribution is 7.11. The van der Waals surface area contributed by atoms with Gasteiger partial charge in [0.2, 0.25) is 0 Å². The molecule has 1 aliphatic carbocycles. The molecule has 4 heteroatoms. The summed E-state index contributed by atoms with van der Waals surface area (Å²) in [5.41, 5.74) is 2.80.